The predicted molar refractivity (Wildman–Crippen MR) is 74.7 cm³/mol. The molecule has 5 nitrogen and oxygen atoms in total. The number of carbonyl (C=O) groups excluding carboxylic acids is 1. The number of aromatic hydroxyl groups is 2. The van der Waals surface area contributed by atoms with Crippen molar-refractivity contribution in [2.75, 3.05) is 5.32 Å². The van der Waals surface area contributed by atoms with E-state index in [1.165, 1.54) is 18.3 Å². The van der Waals surface area contributed by atoms with E-state index in [1.54, 1.807) is 6.07 Å². The Morgan fingerprint density at radius 2 is 2.00 bits per heavy atom. The van der Waals surface area contributed by atoms with Crippen molar-refractivity contribution >= 4 is 39.1 Å². The van der Waals surface area contributed by atoms with E-state index in [0.29, 0.717) is 10.2 Å². The molecule has 98 valence electrons. The van der Waals surface area contributed by atoms with Crippen molar-refractivity contribution < 1.29 is 15.0 Å². The number of nitrogens with zero attached hydrogens (tertiary/aromatic N) is 1. The van der Waals surface area contributed by atoms with Crippen molar-refractivity contribution in [3.8, 4) is 11.5 Å². The van der Waals surface area contributed by atoms with Gasteiger partial charge in [0.2, 0.25) is 0 Å². The molecule has 1 aromatic heterocycles. The molecule has 0 aliphatic carbocycles. The predicted octanol–water partition coefficient (Wildman–Crippen LogP) is 3.16. The molecule has 0 fully saturated rings. The van der Waals surface area contributed by atoms with Crippen LogP contribution in [0, 0.1) is 0 Å². The van der Waals surface area contributed by atoms with Gasteiger partial charge in [-0.3, -0.25) is 4.79 Å². The number of anilines is 1. The van der Waals surface area contributed by atoms with E-state index in [0.717, 1.165) is 6.07 Å². The van der Waals surface area contributed by atoms with Crippen molar-refractivity contribution in [1.29, 1.82) is 0 Å². The van der Waals surface area contributed by atoms with Gasteiger partial charge in [0.25, 0.3) is 5.91 Å². The van der Waals surface area contributed by atoms with Gasteiger partial charge in [0.05, 0.1) is 5.69 Å². The molecule has 0 aliphatic heterocycles. The summed E-state index contributed by atoms with van der Waals surface area (Å²) in [6, 6.07) is 5.37. The van der Waals surface area contributed by atoms with Crippen LogP contribution >= 0.6 is 27.5 Å². The number of benzene rings is 1. The van der Waals surface area contributed by atoms with Gasteiger partial charge in [0, 0.05) is 16.2 Å². The molecule has 0 unspecified atom stereocenters. The van der Waals surface area contributed by atoms with Gasteiger partial charge in [-0.15, -0.1) is 0 Å². The highest BCUT2D eigenvalue weighted by Gasteiger charge is 2.11. The van der Waals surface area contributed by atoms with Gasteiger partial charge in [0.1, 0.15) is 0 Å². The molecule has 3 N–H and O–H groups in total. The highest BCUT2D eigenvalue weighted by molar-refractivity contribution is 9.10. The summed E-state index contributed by atoms with van der Waals surface area (Å²) in [4.78, 5) is 15.8. The maximum Gasteiger partial charge on any atom is 0.255 e. The van der Waals surface area contributed by atoms with E-state index in [9.17, 15) is 15.0 Å². The fraction of sp³-hybridized carbons (Fsp3) is 0. The third-order valence-electron chi connectivity index (χ3n) is 2.29. The molecule has 7 heteroatoms. The van der Waals surface area contributed by atoms with Gasteiger partial charge in [-0.05, 0) is 40.2 Å². The number of amides is 1. The first-order valence-electron chi connectivity index (χ1n) is 5.12. The molecule has 0 aliphatic rings. The van der Waals surface area contributed by atoms with E-state index in [2.05, 4.69) is 26.2 Å². The van der Waals surface area contributed by atoms with Crippen LogP contribution in [0.15, 0.2) is 34.9 Å². The molecule has 19 heavy (non-hydrogen) atoms. The molecule has 1 heterocycles. The Kier molecular flexibility index (Phi) is 3.92. The SMILES string of the molecule is O=C(Nc1cc(Br)cnc1Cl)c1ccc(O)c(O)c1. The minimum absolute atomic E-state index is 0.152. The quantitative estimate of drug-likeness (QED) is 0.578. The standard InChI is InChI=1S/C12H8BrClN2O3/c13-7-4-8(11(14)15-5-7)16-12(19)6-1-2-9(17)10(18)3-6/h1-5,17-18H,(H,16,19). The lowest BCUT2D eigenvalue weighted by Gasteiger charge is -2.07. The molecular formula is C12H8BrClN2O3. The van der Waals surface area contributed by atoms with Gasteiger partial charge >= 0.3 is 0 Å². The van der Waals surface area contributed by atoms with Crippen molar-refractivity contribution in [2.24, 2.45) is 0 Å². The Balaban J connectivity index is 2.25. The van der Waals surface area contributed by atoms with Crippen LogP contribution in [0.2, 0.25) is 5.15 Å². The highest BCUT2D eigenvalue weighted by Crippen LogP contribution is 2.27. The average Bonchev–Trinajstić information content (AvgIpc) is 2.37. The summed E-state index contributed by atoms with van der Waals surface area (Å²) in [5.74, 6) is -1.14. The van der Waals surface area contributed by atoms with Crippen LogP contribution in [0.3, 0.4) is 0 Å². The van der Waals surface area contributed by atoms with Crippen LogP contribution in [0.5, 0.6) is 11.5 Å². The summed E-state index contributed by atoms with van der Waals surface area (Å²) < 4.78 is 0.667. The summed E-state index contributed by atoms with van der Waals surface area (Å²) in [6.07, 6.45) is 1.50. The van der Waals surface area contributed by atoms with Gasteiger partial charge in [-0.1, -0.05) is 11.6 Å². The number of carbonyl (C=O) groups is 1. The smallest absolute Gasteiger partial charge is 0.255 e. The molecule has 1 aromatic carbocycles. The van der Waals surface area contributed by atoms with Crippen LogP contribution in [-0.2, 0) is 0 Å². The molecule has 1 amide bonds. The lowest BCUT2D eigenvalue weighted by molar-refractivity contribution is 0.102. The largest absolute Gasteiger partial charge is 0.504 e. The first kappa shape index (κ1) is 13.6. The molecular weight excluding hydrogens is 336 g/mol. The fourth-order valence-electron chi connectivity index (χ4n) is 1.37. The summed E-state index contributed by atoms with van der Waals surface area (Å²) in [5, 5.41) is 21.2. The van der Waals surface area contributed by atoms with Crippen molar-refractivity contribution in [3.05, 3.63) is 45.7 Å². The first-order chi connectivity index (χ1) is 8.97. The van der Waals surface area contributed by atoms with Gasteiger partial charge in [0.15, 0.2) is 16.7 Å². The number of phenols is 2. The monoisotopic (exact) mass is 342 g/mol. The second-order valence-corrected chi connectivity index (χ2v) is 4.92. The Labute approximate surface area is 122 Å². The maximum absolute atomic E-state index is 11.9. The molecule has 2 rings (SSSR count). The van der Waals surface area contributed by atoms with E-state index in [1.807, 2.05) is 0 Å². The van der Waals surface area contributed by atoms with Crippen molar-refractivity contribution in [1.82, 2.24) is 4.98 Å². The summed E-state index contributed by atoms with van der Waals surface area (Å²) in [6.45, 7) is 0. The number of rotatable bonds is 2. The number of halogens is 2. The zero-order valence-corrected chi connectivity index (χ0v) is 11.7. The number of aromatic nitrogens is 1. The highest BCUT2D eigenvalue weighted by atomic mass is 79.9. The number of hydrogen-bond acceptors (Lipinski definition) is 4. The zero-order chi connectivity index (χ0) is 14.0. The first-order valence-corrected chi connectivity index (χ1v) is 6.29. The molecule has 0 spiro atoms. The number of pyridine rings is 1. The molecule has 2 aromatic rings. The lowest BCUT2D eigenvalue weighted by Crippen LogP contribution is -2.12. The number of nitrogens with one attached hydrogen (secondary N) is 1. The Morgan fingerprint density at radius 3 is 2.68 bits per heavy atom. The van der Waals surface area contributed by atoms with Crippen LogP contribution < -0.4 is 5.32 Å². The van der Waals surface area contributed by atoms with E-state index in [4.69, 9.17) is 11.6 Å². The van der Waals surface area contributed by atoms with E-state index < -0.39 is 5.91 Å². The third kappa shape index (κ3) is 3.15. The molecule has 0 saturated carbocycles. The lowest BCUT2D eigenvalue weighted by atomic mass is 10.2. The molecule has 0 bridgehead atoms. The summed E-state index contributed by atoms with van der Waals surface area (Å²) in [5.41, 5.74) is 0.528. The molecule has 0 radical (unpaired) electrons. The summed E-state index contributed by atoms with van der Waals surface area (Å²) in [7, 11) is 0. The van der Waals surface area contributed by atoms with Gasteiger partial charge < -0.3 is 15.5 Å². The Bertz CT molecular complexity index is 649. The van der Waals surface area contributed by atoms with Gasteiger partial charge in [-0.2, -0.15) is 0 Å². The normalized spacial score (nSPS) is 10.2. The minimum atomic E-state index is -0.475. The topological polar surface area (TPSA) is 82.5 Å². The minimum Gasteiger partial charge on any atom is -0.504 e. The van der Waals surface area contributed by atoms with Crippen LogP contribution in [0.4, 0.5) is 5.69 Å². The van der Waals surface area contributed by atoms with Crippen molar-refractivity contribution in [3.63, 3.8) is 0 Å². The molecule has 0 saturated heterocycles. The number of phenolic OH excluding ortho intramolecular Hbond substituents is 2. The number of hydrogen-bond donors (Lipinski definition) is 3. The maximum atomic E-state index is 11.9. The second-order valence-electron chi connectivity index (χ2n) is 3.65. The van der Waals surface area contributed by atoms with Crippen LogP contribution in [-0.4, -0.2) is 21.1 Å². The van der Waals surface area contributed by atoms with Crippen molar-refractivity contribution in [2.45, 2.75) is 0 Å². The van der Waals surface area contributed by atoms with Crippen LogP contribution in [0.25, 0.3) is 0 Å². The van der Waals surface area contributed by atoms with Crippen LogP contribution in [0.1, 0.15) is 10.4 Å². The van der Waals surface area contributed by atoms with E-state index >= 15 is 0 Å². The Hall–Kier alpha value is -1.79. The Morgan fingerprint density at radius 1 is 1.26 bits per heavy atom. The average molecular weight is 344 g/mol. The summed E-state index contributed by atoms with van der Waals surface area (Å²) >= 11 is 9.07. The third-order valence-corrected chi connectivity index (χ3v) is 3.03. The zero-order valence-electron chi connectivity index (χ0n) is 9.39. The molecule has 0 atom stereocenters. The van der Waals surface area contributed by atoms with E-state index in [-0.39, 0.29) is 22.2 Å². The second kappa shape index (κ2) is 5.46. The fourth-order valence-corrected chi connectivity index (χ4v) is 1.85. The van der Waals surface area contributed by atoms with Gasteiger partial charge in [-0.25, -0.2) is 4.98 Å².